The number of hydrogen-bond acceptors (Lipinski definition) is 4. The third-order valence-electron chi connectivity index (χ3n) is 3.04. The van der Waals surface area contributed by atoms with Crippen LogP contribution < -0.4 is 5.32 Å². The molecule has 0 aliphatic heterocycles. The quantitative estimate of drug-likeness (QED) is 0.943. The van der Waals surface area contributed by atoms with Crippen LogP contribution in [0, 0.1) is 18.3 Å². The predicted octanol–water partition coefficient (Wildman–Crippen LogP) is 2.98. The number of halogens is 1. The Hall–Kier alpha value is -2.04. The molecule has 0 bridgehead atoms. The topological polar surface area (TPSA) is 74.0 Å². The highest BCUT2D eigenvalue weighted by atomic mass is 35.5. The van der Waals surface area contributed by atoms with Gasteiger partial charge in [0.1, 0.15) is 11.6 Å². The normalized spacial score (nSPS) is 10.2. The van der Waals surface area contributed by atoms with Crippen LogP contribution in [0.3, 0.4) is 0 Å². The molecule has 0 aliphatic rings. The van der Waals surface area contributed by atoms with E-state index in [4.69, 9.17) is 16.9 Å². The van der Waals surface area contributed by atoms with E-state index in [0.717, 1.165) is 4.88 Å². The van der Waals surface area contributed by atoms with Crippen molar-refractivity contribution in [2.75, 3.05) is 12.4 Å². The van der Waals surface area contributed by atoms with Crippen molar-refractivity contribution < 1.29 is 4.79 Å². The molecule has 0 atom stereocenters. The Kier molecular flexibility index (Phi) is 4.50. The maximum absolute atomic E-state index is 12.1. The van der Waals surface area contributed by atoms with Gasteiger partial charge in [0.2, 0.25) is 0 Å². The van der Waals surface area contributed by atoms with Crippen LogP contribution in [0.25, 0.3) is 0 Å². The molecule has 21 heavy (non-hydrogen) atoms. The van der Waals surface area contributed by atoms with Gasteiger partial charge in [-0.1, -0.05) is 11.6 Å². The Morgan fingerprint density at radius 3 is 2.90 bits per heavy atom. The van der Waals surface area contributed by atoms with Crippen molar-refractivity contribution in [3.8, 4) is 6.07 Å². The van der Waals surface area contributed by atoms with Crippen molar-refractivity contribution in [3.63, 3.8) is 0 Å². The third-order valence-corrected chi connectivity index (χ3v) is 4.26. The van der Waals surface area contributed by atoms with Crippen molar-refractivity contribution in [2.24, 2.45) is 7.05 Å². The molecule has 2 aromatic heterocycles. The monoisotopic (exact) mass is 323 g/mol. The number of thiophene rings is 1. The highest BCUT2D eigenvalue weighted by Crippen LogP contribution is 2.23. The van der Waals surface area contributed by atoms with Crippen LogP contribution in [0.4, 0.5) is 10.6 Å². The van der Waals surface area contributed by atoms with Gasteiger partial charge in [0.05, 0.1) is 16.6 Å². The van der Waals surface area contributed by atoms with Crippen LogP contribution in [0.5, 0.6) is 0 Å². The number of aryl methyl sites for hydroxylation is 1. The van der Waals surface area contributed by atoms with Gasteiger partial charge in [-0.05, 0) is 19.1 Å². The molecular formula is C13H14ClN5OS. The highest BCUT2D eigenvalue weighted by molar-refractivity contribution is 7.16. The highest BCUT2D eigenvalue weighted by Gasteiger charge is 2.17. The molecule has 2 heterocycles. The molecule has 110 valence electrons. The van der Waals surface area contributed by atoms with Crippen LogP contribution in [-0.2, 0) is 13.6 Å². The van der Waals surface area contributed by atoms with Crippen molar-refractivity contribution in [2.45, 2.75) is 13.5 Å². The van der Waals surface area contributed by atoms with Crippen LogP contribution in [0.2, 0.25) is 4.34 Å². The van der Waals surface area contributed by atoms with E-state index in [1.807, 2.05) is 6.07 Å². The van der Waals surface area contributed by atoms with Gasteiger partial charge in [0.25, 0.3) is 0 Å². The summed E-state index contributed by atoms with van der Waals surface area (Å²) in [4.78, 5) is 14.6. The number of hydrogen-bond donors (Lipinski definition) is 1. The molecule has 0 saturated heterocycles. The number of nitrogens with one attached hydrogen (secondary N) is 1. The fourth-order valence-electron chi connectivity index (χ4n) is 1.77. The molecule has 0 spiro atoms. The lowest BCUT2D eigenvalue weighted by Gasteiger charge is -2.16. The fraction of sp³-hybridized carbons (Fsp3) is 0.308. The SMILES string of the molecule is Cc1c(C#N)c(NC(=O)N(C)Cc2ccc(Cl)s2)nn1C. The van der Waals surface area contributed by atoms with E-state index in [0.29, 0.717) is 22.1 Å². The zero-order valence-electron chi connectivity index (χ0n) is 11.8. The van der Waals surface area contributed by atoms with Gasteiger partial charge < -0.3 is 4.90 Å². The van der Waals surface area contributed by atoms with Crippen LogP contribution in [-0.4, -0.2) is 27.8 Å². The summed E-state index contributed by atoms with van der Waals surface area (Å²) in [6.45, 7) is 2.22. The number of amides is 2. The number of carbonyl (C=O) groups is 1. The summed E-state index contributed by atoms with van der Waals surface area (Å²) in [6.07, 6.45) is 0. The van der Waals surface area contributed by atoms with Gasteiger partial charge in [-0.3, -0.25) is 10.00 Å². The average Bonchev–Trinajstić information content (AvgIpc) is 2.94. The zero-order chi connectivity index (χ0) is 15.6. The summed E-state index contributed by atoms with van der Waals surface area (Å²) >= 11 is 7.29. The fourth-order valence-corrected chi connectivity index (χ4v) is 2.91. The minimum absolute atomic E-state index is 0.276. The first-order valence-electron chi connectivity index (χ1n) is 6.12. The van der Waals surface area contributed by atoms with E-state index >= 15 is 0 Å². The van der Waals surface area contributed by atoms with E-state index in [-0.39, 0.29) is 11.8 Å². The molecule has 0 fully saturated rings. The Morgan fingerprint density at radius 2 is 2.33 bits per heavy atom. The number of rotatable bonds is 3. The minimum Gasteiger partial charge on any atom is -0.322 e. The number of nitriles is 1. The standard InChI is InChI=1S/C13H14ClN5OS/c1-8-10(6-15)12(17-19(8)3)16-13(20)18(2)7-9-4-5-11(14)21-9/h4-5H,7H2,1-3H3,(H,16,17,20). The summed E-state index contributed by atoms with van der Waals surface area (Å²) in [5.74, 6) is 0.276. The molecule has 0 radical (unpaired) electrons. The van der Waals surface area contributed by atoms with Crippen LogP contribution in [0.15, 0.2) is 12.1 Å². The van der Waals surface area contributed by atoms with Crippen LogP contribution in [0.1, 0.15) is 16.1 Å². The second-order valence-corrected chi connectivity index (χ2v) is 6.34. The molecule has 0 aliphatic carbocycles. The van der Waals surface area contributed by atoms with Crippen molar-refractivity contribution in [1.82, 2.24) is 14.7 Å². The molecule has 2 amide bonds. The van der Waals surface area contributed by atoms with Gasteiger partial charge in [0.15, 0.2) is 5.82 Å². The van der Waals surface area contributed by atoms with Gasteiger partial charge in [0, 0.05) is 19.0 Å². The molecule has 0 unspecified atom stereocenters. The maximum atomic E-state index is 12.1. The molecule has 8 heteroatoms. The number of aromatic nitrogens is 2. The third kappa shape index (κ3) is 3.35. The van der Waals surface area contributed by atoms with Crippen molar-refractivity contribution >= 4 is 34.8 Å². The lowest BCUT2D eigenvalue weighted by molar-refractivity contribution is 0.221. The molecule has 0 aromatic carbocycles. The summed E-state index contributed by atoms with van der Waals surface area (Å²) in [7, 11) is 3.40. The van der Waals surface area contributed by atoms with E-state index in [1.54, 1.807) is 31.8 Å². The number of carbonyl (C=O) groups excluding carboxylic acids is 1. The summed E-state index contributed by atoms with van der Waals surface area (Å²) in [5.41, 5.74) is 1.08. The van der Waals surface area contributed by atoms with E-state index < -0.39 is 0 Å². The molecule has 6 nitrogen and oxygen atoms in total. The zero-order valence-corrected chi connectivity index (χ0v) is 13.4. The van der Waals surface area contributed by atoms with Crippen molar-refractivity contribution in [3.05, 3.63) is 32.6 Å². The summed E-state index contributed by atoms with van der Waals surface area (Å²) < 4.78 is 2.25. The summed E-state index contributed by atoms with van der Waals surface area (Å²) in [5, 5.41) is 15.9. The molecule has 1 N–H and O–H groups in total. The summed E-state index contributed by atoms with van der Waals surface area (Å²) in [6, 6.07) is 5.40. The Bertz CT molecular complexity index is 715. The van der Waals surface area contributed by atoms with E-state index in [9.17, 15) is 4.79 Å². The number of nitrogens with zero attached hydrogens (tertiary/aromatic N) is 4. The predicted molar refractivity (Wildman–Crippen MR) is 82.5 cm³/mol. The second kappa shape index (κ2) is 6.16. The minimum atomic E-state index is -0.325. The van der Waals surface area contributed by atoms with Gasteiger partial charge in [-0.15, -0.1) is 11.3 Å². The second-order valence-electron chi connectivity index (χ2n) is 4.54. The van der Waals surface area contributed by atoms with Gasteiger partial charge >= 0.3 is 6.03 Å². The van der Waals surface area contributed by atoms with Crippen molar-refractivity contribution in [1.29, 1.82) is 5.26 Å². The first-order valence-corrected chi connectivity index (χ1v) is 7.32. The first-order chi connectivity index (χ1) is 9.92. The Balaban J connectivity index is 2.07. The Labute approximate surface area is 131 Å². The lowest BCUT2D eigenvalue weighted by Crippen LogP contribution is -2.31. The van der Waals surface area contributed by atoms with Crippen LogP contribution >= 0.6 is 22.9 Å². The number of anilines is 1. The molecule has 2 aromatic rings. The molecule has 2 rings (SSSR count). The maximum Gasteiger partial charge on any atom is 0.323 e. The number of urea groups is 1. The van der Waals surface area contributed by atoms with E-state index in [1.165, 1.54) is 16.2 Å². The molecular weight excluding hydrogens is 310 g/mol. The average molecular weight is 324 g/mol. The van der Waals surface area contributed by atoms with Gasteiger partial charge in [-0.25, -0.2) is 4.79 Å². The smallest absolute Gasteiger partial charge is 0.322 e. The lowest BCUT2D eigenvalue weighted by atomic mass is 10.2. The molecule has 0 saturated carbocycles. The van der Waals surface area contributed by atoms with Gasteiger partial charge in [-0.2, -0.15) is 10.4 Å². The Morgan fingerprint density at radius 1 is 1.62 bits per heavy atom. The van der Waals surface area contributed by atoms with E-state index in [2.05, 4.69) is 16.5 Å². The largest absolute Gasteiger partial charge is 0.323 e. The first kappa shape index (κ1) is 15.4.